The van der Waals surface area contributed by atoms with Crippen molar-refractivity contribution in [3.05, 3.63) is 35.9 Å². The van der Waals surface area contributed by atoms with Gasteiger partial charge < -0.3 is 14.4 Å². The number of alkyl halides is 2. The van der Waals surface area contributed by atoms with E-state index in [-0.39, 0.29) is 12.7 Å². The van der Waals surface area contributed by atoms with E-state index in [1.807, 2.05) is 35.2 Å². The van der Waals surface area contributed by atoms with Gasteiger partial charge in [-0.05, 0) is 56.6 Å². The number of halogens is 2. The van der Waals surface area contributed by atoms with Crippen LogP contribution in [0.5, 0.6) is 0 Å². The van der Waals surface area contributed by atoms with Crippen molar-refractivity contribution in [3.63, 3.8) is 0 Å². The second-order valence-corrected chi connectivity index (χ2v) is 9.44. The van der Waals surface area contributed by atoms with E-state index in [2.05, 4.69) is 4.90 Å². The maximum absolute atomic E-state index is 13.0. The van der Waals surface area contributed by atoms with Gasteiger partial charge in [0.15, 0.2) is 0 Å². The molecule has 0 aromatic heterocycles. The first-order valence-corrected chi connectivity index (χ1v) is 11.6. The van der Waals surface area contributed by atoms with Gasteiger partial charge in [-0.2, -0.15) is 0 Å². The zero-order valence-corrected chi connectivity index (χ0v) is 18.2. The number of benzene rings is 1. The lowest BCUT2D eigenvalue weighted by Crippen LogP contribution is -2.50. The summed E-state index contributed by atoms with van der Waals surface area (Å²) in [5, 5.41) is 0. The van der Waals surface area contributed by atoms with Crippen LogP contribution < -0.4 is 0 Å². The van der Waals surface area contributed by atoms with Crippen LogP contribution in [0.15, 0.2) is 30.3 Å². The highest BCUT2D eigenvalue weighted by Gasteiger charge is 2.51. The summed E-state index contributed by atoms with van der Waals surface area (Å²) in [6.07, 6.45) is 2.79. The van der Waals surface area contributed by atoms with E-state index in [1.165, 1.54) is 0 Å². The lowest BCUT2D eigenvalue weighted by molar-refractivity contribution is -0.0270. The number of likely N-dealkylation sites (tertiary alicyclic amines) is 2. The molecule has 1 saturated carbocycles. The molecular formula is C24H34F2N2O3. The van der Waals surface area contributed by atoms with E-state index in [1.54, 1.807) is 0 Å². The Morgan fingerprint density at radius 3 is 2.52 bits per heavy atom. The molecule has 1 aromatic rings. The summed E-state index contributed by atoms with van der Waals surface area (Å²) in [5.41, 5.74) is 0.143. The fourth-order valence-electron chi connectivity index (χ4n) is 4.80. The van der Waals surface area contributed by atoms with Crippen molar-refractivity contribution < 1.29 is 23.0 Å². The Hall–Kier alpha value is -1.73. The molecule has 1 atom stereocenters. The minimum atomic E-state index is -2.26. The summed E-state index contributed by atoms with van der Waals surface area (Å²) in [6, 6.07) is 10.2. The number of hydrogen-bond acceptors (Lipinski definition) is 4. The van der Waals surface area contributed by atoms with Gasteiger partial charge in [0.2, 0.25) is 6.43 Å². The van der Waals surface area contributed by atoms with Gasteiger partial charge in [-0.15, -0.1) is 0 Å². The largest absolute Gasteiger partial charge is 0.445 e. The molecule has 3 fully saturated rings. The van der Waals surface area contributed by atoms with Crippen molar-refractivity contribution in [3.8, 4) is 0 Å². The molecule has 1 aliphatic carbocycles. The third-order valence-corrected chi connectivity index (χ3v) is 7.09. The summed E-state index contributed by atoms with van der Waals surface area (Å²) in [4.78, 5) is 16.7. The molecule has 5 nitrogen and oxygen atoms in total. The normalized spacial score (nSPS) is 24.4. The molecule has 2 saturated heterocycles. The van der Waals surface area contributed by atoms with Crippen LogP contribution in [0, 0.1) is 11.3 Å². The number of hydrogen-bond donors (Lipinski definition) is 0. The van der Waals surface area contributed by atoms with Crippen LogP contribution in [0.4, 0.5) is 13.6 Å². The average molecular weight is 437 g/mol. The van der Waals surface area contributed by atoms with Crippen molar-refractivity contribution in [2.75, 3.05) is 39.4 Å². The Bertz CT molecular complexity index is 706. The highest BCUT2D eigenvalue weighted by Crippen LogP contribution is 2.50. The van der Waals surface area contributed by atoms with Crippen LogP contribution in [0.25, 0.3) is 0 Å². The summed E-state index contributed by atoms with van der Waals surface area (Å²) >= 11 is 0. The highest BCUT2D eigenvalue weighted by atomic mass is 19.3. The molecule has 7 heteroatoms. The number of ether oxygens (including phenoxy) is 2. The van der Waals surface area contributed by atoms with E-state index in [9.17, 15) is 13.6 Å². The Labute approximate surface area is 183 Å². The Kier molecular flexibility index (Phi) is 7.43. The monoisotopic (exact) mass is 436 g/mol. The molecule has 0 radical (unpaired) electrons. The first-order chi connectivity index (χ1) is 15.1. The maximum atomic E-state index is 13.0. The van der Waals surface area contributed by atoms with Crippen molar-refractivity contribution >= 4 is 6.09 Å². The molecule has 0 unspecified atom stereocenters. The fourth-order valence-corrected chi connectivity index (χ4v) is 4.80. The van der Waals surface area contributed by atoms with Gasteiger partial charge in [0.05, 0.1) is 18.6 Å². The topological polar surface area (TPSA) is 42.0 Å². The lowest BCUT2D eigenvalue weighted by Gasteiger charge is -2.42. The Morgan fingerprint density at radius 2 is 1.84 bits per heavy atom. The molecule has 172 valence electrons. The third kappa shape index (κ3) is 5.95. The second-order valence-electron chi connectivity index (χ2n) is 9.44. The highest BCUT2D eigenvalue weighted by molar-refractivity contribution is 5.67. The maximum Gasteiger partial charge on any atom is 0.410 e. The van der Waals surface area contributed by atoms with Crippen molar-refractivity contribution in [1.82, 2.24) is 9.80 Å². The number of carbonyl (C=O) groups excluding carboxylic acids is 1. The van der Waals surface area contributed by atoms with Crippen LogP contribution in [0.1, 0.15) is 44.1 Å². The van der Waals surface area contributed by atoms with Crippen LogP contribution in [-0.2, 0) is 16.1 Å². The van der Waals surface area contributed by atoms with Gasteiger partial charge in [-0.3, -0.25) is 4.90 Å². The average Bonchev–Trinajstić information content (AvgIpc) is 3.60. The fraction of sp³-hybridized carbons (Fsp3) is 0.708. The zero-order chi connectivity index (χ0) is 21.7. The van der Waals surface area contributed by atoms with E-state index < -0.39 is 11.8 Å². The van der Waals surface area contributed by atoms with Crippen LogP contribution >= 0.6 is 0 Å². The molecule has 31 heavy (non-hydrogen) atoms. The summed E-state index contributed by atoms with van der Waals surface area (Å²) in [5.74, 6) is 0.413. The second kappa shape index (κ2) is 10.3. The first-order valence-electron chi connectivity index (χ1n) is 11.6. The standard InChI is InChI=1S/C24H34F2N2O3/c25-22(26)24(10-11-24)18-30-16-20-7-4-12-28(15-20)21-8-13-27(14-9-21)23(29)31-17-19-5-2-1-3-6-19/h1-3,5-6,20-22H,4,7-18H2/t20-/m1/s1. The molecule has 0 spiro atoms. The van der Waals surface area contributed by atoms with Gasteiger partial charge in [-0.1, -0.05) is 30.3 Å². The van der Waals surface area contributed by atoms with E-state index in [4.69, 9.17) is 9.47 Å². The van der Waals surface area contributed by atoms with Crippen molar-refractivity contribution in [2.45, 2.75) is 57.6 Å². The summed E-state index contributed by atoms with van der Waals surface area (Å²) in [7, 11) is 0. The SMILES string of the molecule is O=C(OCc1ccccc1)N1CCC(N2CCC[C@@H](COCC3(C(F)F)CC3)C2)CC1. The molecule has 1 amide bonds. The van der Waals surface area contributed by atoms with Gasteiger partial charge in [-0.25, -0.2) is 13.6 Å². The smallest absolute Gasteiger partial charge is 0.410 e. The van der Waals surface area contributed by atoms with Crippen molar-refractivity contribution in [2.24, 2.45) is 11.3 Å². The number of piperidine rings is 2. The number of nitrogens with zero attached hydrogens (tertiary/aromatic N) is 2. The minimum absolute atomic E-state index is 0.199. The van der Waals surface area contributed by atoms with Crippen LogP contribution in [0.2, 0.25) is 0 Å². The van der Waals surface area contributed by atoms with Gasteiger partial charge in [0, 0.05) is 25.7 Å². The number of rotatable bonds is 8. The molecule has 1 aromatic carbocycles. The van der Waals surface area contributed by atoms with Crippen LogP contribution in [0.3, 0.4) is 0 Å². The van der Waals surface area contributed by atoms with E-state index in [0.29, 0.717) is 51.1 Å². The predicted molar refractivity (Wildman–Crippen MR) is 114 cm³/mol. The zero-order valence-electron chi connectivity index (χ0n) is 18.2. The molecule has 2 aliphatic heterocycles. The number of amides is 1. The van der Waals surface area contributed by atoms with Gasteiger partial charge >= 0.3 is 6.09 Å². The minimum Gasteiger partial charge on any atom is -0.445 e. The predicted octanol–water partition coefficient (Wildman–Crippen LogP) is 4.56. The van der Waals surface area contributed by atoms with Gasteiger partial charge in [0.1, 0.15) is 6.61 Å². The number of carbonyl (C=O) groups is 1. The summed E-state index contributed by atoms with van der Waals surface area (Å²) < 4.78 is 37.3. The Balaban J connectivity index is 1.16. The van der Waals surface area contributed by atoms with E-state index >= 15 is 0 Å². The first kappa shape index (κ1) is 22.5. The molecule has 0 N–H and O–H groups in total. The molecule has 2 heterocycles. The quantitative estimate of drug-likeness (QED) is 0.599. The molecular weight excluding hydrogens is 402 g/mol. The molecule has 0 bridgehead atoms. The lowest BCUT2D eigenvalue weighted by atomic mass is 9.94. The van der Waals surface area contributed by atoms with Gasteiger partial charge in [0.25, 0.3) is 0 Å². The summed E-state index contributed by atoms with van der Waals surface area (Å²) in [6.45, 7) is 4.55. The third-order valence-electron chi connectivity index (χ3n) is 7.09. The Morgan fingerprint density at radius 1 is 1.10 bits per heavy atom. The van der Waals surface area contributed by atoms with E-state index in [0.717, 1.165) is 44.3 Å². The van der Waals surface area contributed by atoms with Crippen molar-refractivity contribution in [1.29, 1.82) is 0 Å². The molecule has 4 rings (SSSR count). The molecule has 3 aliphatic rings. The van der Waals surface area contributed by atoms with Crippen LogP contribution in [-0.4, -0.2) is 67.8 Å².